The monoisotopic (exact) mass is 516 g/mol. The van der Waals surface area contributed by atoms with Crippen molar-refractivity contribution in [2.24, 2.45) is 4.99 Å². The van der Waals surface area contributed by atoms with Crippen LogP contribution in [0.2, 0.25) is 0 Å². The summed E-state index contributed by atoms with van der Waals surface area (Å²) >= 11 is 0. The van der Waals surface area contributed by atoms with Crippen LogP contribution in [0.15, 0.2) is 33.7 Å². The third-order valence-corrected chi connectivity index (χ3v) is 4.97. The highest BCUT2D eigenvalue weighted by atomic mass is 127. The number of aryl methyl sites for hydroxylation is 1. The average molecular weight is 516 g/mol. The Bertz CT molecular complexity index is 800. The van der Waals surface area contributed by atoms with Gasteiger partial charge in [-0.05, 0) is 26.8 Å². The number of nitrogens with one attached hydrogen (secondary N) is 2. The Hall–Kier alpha value is -1.36. The van der Waals surface area contributed by atoms with E-state index in [-0.39, 0.29) is 24.0 Å². The summed E-state index contributed by atoms with van der Waals surface area (Å²) in [6, 6.07) is 8.02. The fraction of sp³-hybridized carbons (Fsp3) is 0.571. The summed E-state index contributed by atoms with van der Waals surface area (Å²) in [6.45, 7) is 11.3. The van der Waals surface area contributed by atoms with Crippen LogP contribution in [-0.2, 0) is 11.3 Å². The summed E-state index contributed by atoms with van der Waals surface area (Å²) < 4.78 is 11.3. The van der Waals surface area contributed by atoms with Crippen molar-refractivity contribution in [3.63, 3.8) is 0 Å². The Kier molecular flexibility index (Phi) is 9.19. The number of guanidine groups is 1. The topological polar surface area (TPSA) is 82.3 Å². The number of hydrogen-bond donors (Lipinski definition) is 3. The van der Waals surface area contributed by atoms with Crippen LogP contribution >= 0.6 is 24.0 Å². The van der Waals surface area contributed by atoms with E-state index in [0.29, 0.717) is 25.6 Å². The van der Waals surface area contributed by atoms with Crippen molar-refractivity contribution in [3.05, 3.63) is 35.6 Å². The highest BCUT2D eigenvalue weighted by molar-refractivity contribution is 14.0. The first kappa shape index (κ1) is 23.9. The number of hydrogen-bond acceptors (Lipinski definition) is 5. The zero-order chi connectivity index (χ0) is 20.0. The molecule has 1 atom stereocenters. The maximum Gasteiger partial charge on any atom is 0.191 e. The third kappa shape index (κ3) is 6.84. The van der Waals surface area contributed by atoms with Crippen LogP contribution in [0.25, 0.3) is 11.0 Å². The van der Waals surface area contributed by atoms with Gasteiger partial charge >= 0.3 is 0 Å². The molecule has 1 fully saturated rings. The fourth-order valence-corrected chi connectivity index (χ4v) is 3.44. The largest absolute Gasteiger partial charge is 0.459 e. The molecule has 3 N–H and O–H groups in total. The number of aliphatic hydroxyl groups is 1. The second kappa shape index (κ2) is 11.1. The molecule has 0 amide bonds. The normalized spacial score (nSPS) is 17.6. The van der Waals surface area contributed by atoms with Crippen LogP contribution in [0, 0.1) is 6.92 Å². The molecule has 0 radical (unpaired) electrons. The van der Waals surface area contributed by atoms with Crippen LogP contribution < -0.4 is 10.6 Å². The van der Waals surface area contributed by atoms with Crippen LogP contribution in [0.3, 0.4) is 0 Å². The highest BCUT2D eigenvalue weighted by Crippen LogP contribution is 2.25. The lowest BCUT2D eigenvalue weighted by Gasteiger charge is -2.34. The van der Waals surface area contributed by atoms with Crippen LogP contribution in [-0.4, -0.2) is 67.5 Å². The second-order valence-electron chi connectivity index (χ2n) is 7.58. The summed E-state index contributed by atoms with van der Waals surface area (Å²) in [5.74, 6) is 1.53. The number of halogens is 1. The summed E-state index contributed by atoms with van der Waals surface area (Å²) in [6.07, 6.45) is 0. The third-order valence-electron chi connectivity index (χ3n) is 4.97. The average Bonchev–Trinajstić information content (AvgIpc) is 3.01. The highest BCUT2D eigenvalue weighted by Gasteiger charge is 2.25. The van der Waals surface area contributed by atoms with Crippen molar-refractivity contribution >= 4 is 40.9 Å². The minimum absolute atomic E-state index is 0. The molecular weight excluding hydrogens is 483 g/mol. The van der Waals surface area contributed by atoms with Crippen LogP contribution in [0.4, 0.5) is 0 Å². The molecule has 3 rings (SSSR count). The van der Waals surface area contributed by atoms with Crippen LogP contribution in [0.5, 0.6) is 0 Å². The SMILES string of the molecule is CCNC(=NCc1oc2ccccc2c1C)NCC(C)(O)CN1CCOCC1.I. The van der Waals surface area contributed by atoms with E-state index in [1.165, 1.54) is 0 Å². The van der Waals surface area contributed by atoms with Gasteiger partial charge in [0.15, 0.2) is 5.96 Å². The molecule has 1 aromatic heterocycles. The molecule has 0 spiro atoms. The van der Waals surface area contributed by atoms with Crippen molar-refractivity contribution in [1.29, 1.82) is 0 Å². The molecule has 1 aromatic carbocycles. The van der Waals surface area contributed by atoms with E-state index in [2.05, 4.69) is 33.5 Å². The lowest BCUT2D eigenvalue weighted by molar-refractivity contribution is -0.0201. The Balaban J connectivity index is 0.00000300. The van der Waals surface area contributed by atoms with Gasteiger partial charge in [-0.25, -0.2) is 4.99 Å². The molecule has 0 aliphatic carbocycles. The van der Waals surface area contributed by atoms with Gasteiger partial charge in [-0.3, -0.25) is 4.90 Å². The molecule has 0 bridgehead atoms. The Morgan fingerprint density at radius 2 is 1.97 bits per heavy atom. The summed E-state index contributed by atoms with van der Waals surface area (Å²) in [5, 5.41) is 18.4. The molecule has 1 unspecified atom stereocenters. The molecule has 2 aromatic rings. The molecule has 1 aliphatic rings. The number of nitrogens with zero attached hydrogens (tertiary/aromatic N) is 2. The van der Waals surface area contributed by atoms with E-state index < -0.39 is 5.60 Å². The van der Waals surface area contributed by atoms with Gasteiger partial charge in [0, 0.05) is 43.7 Å². The lowest BCUT2D eigenvalue weighted by atomic mass is 10.1. The molecule has 2 heterocycles. The molecule has 162 valence electrons. The van der Waals surface area contributed by atoms with Gasteiger partial charge in [0.05, 0.1) is 18.8 Å². The van der Waals surface area contributed by atoms with Crippen molar-refractivity contribution in [2.45, 2.75) is 32.9 Å². The first-order chi connectivity index (χ1) is 13.5. The number of β-amino-alcohol motifs (C(OH)–C–C–N with tert-alkyl or cyclic N) is 1. The minimum atomic E-state index is -0.858. The van der Waals surface area contributed by atoms with E-state index in [4.69, 9.17) is 9.15 Å². The standard InChI is InChI=1S/C21H32N4O3.HI/c1-4-22-20(24-14-21(3,26)15-25-9-11-27-12-10-25)23-13-19-16(2)17-7-5-6-8-18(17)28-19;/h5-8,26H,4,9-15H2,1-3H3,(H2,22,23,24);1H. The van der Waals surface area contributed by atoms with Crippen molar-refractivity contribution in [1.82, 2.24) is 15.5 Å². The smallest absolute Gasteiger partial charge is 0.191 e. The first-order valence-corrected chi connectivity index (χ1v) is 10.00. The number of fused-ring (bicyclic) bond motifs is 1. The maximum atomic E-state index is 10.8. The quantitative estimate of drug-likeness (QED) is 0.298. The molecule has 7 nitrogen and oxygen atoms in total. The predicted octanol–water partition coefficient (Wildman–Crippen LogP) is 2.50. The number of para-hydroxylation sites is 1. The molecule has 8 heteroatoms. The van der Waals surface area contributed by atoms with E-state index in [0.717, 1.165) is 55.1 Å². The van der Waals surface area contributed by atoms with Gasteiger partial charge in [-0.1, -0.05) is 18.2 Å². The van der Waals surface area contributed by atoms with Crippen molar-refractivity contribution < 1.29 is 14.3 Å². The lowest BCUT2D eigenvalue weighted by Crippen LogP contribution is -2.52. The fourth-order valence-electron chi connectivity index (χ4n) is 3.44. The van der Waals surface area contributed by atoms with Crippen molar-refractivity contribution in [2.75, 3.05) is 45.9 Å². The van der Waals surface area contributed by atoms with E-state index in [9.17, 15) is 5.11 Å². The number of furan rings is 1. The molecule has 1 aliphatic heterocycles. The zero-order valence-corrected chi connectivity index (χ0v) is 19.9. The maximum absolute atomic E-state index is 10.8. The predicted molar refractivity (Wildman–Crippen MR) is 127 cm³/mol. The molecule has 0 saturated carbocycles. The van der Waals surface area contributed by atoms with Gasteiger partial charge in [0.1, 0.15) is 17.9 Å². The van der Waals surface area contributed by atoms with E-state index in [1.807, 2.05) is 32.0 Å². The van der Waals surface area contributed by atoms with E-state index >= 15 is 0 Å². The number of morpholine rings is 1. The van der Waals surface area contributed by atoms with Gasteiger partial charge in [0.25, 0.3) is 0 Å². The zero-order valence-electron chi connectivity index (χ0n) is 17.5. The number of rotatable bonds is 7. The van der Waals surface area contributed by atoms with Gasteiger partial charge in [-0.2, -0.15) is 0 Å². The Labute approximate surface area is 189 Å². The van der Waals surface area contributed by atoms with Crippen LogP contribution in [0.1, 0.15) is 25.2 Å². The molecule has 29 heavy (non-hydrogen) atoms. The number of benzene rings is 1. The number of ether oxygens (including phenoxy) is 1. The second-order valence-corrected chi connectivity index (χ2v) is 7.58. The van der Waals surface area contributed by atoms with Gasteiger partial charge in [-0.15, -0.1) is 24.0 Å². The van der Waals surface area contributed by atoms with Gasteiger partial charge < -0.3 is 24.9 Å². The summed E-state index contributed by atoms with van der Waals surface area (Å²) in [7, 11) is 0. The summed E-state index contributed by atoms with van der Waals surface area (Å²) in [4.78, 5) is 6.87. The Morgan fingerprint density at radius 1 is 1.24 bits per heavy atom. The van der Waals surface area contributed by atoms with Gasteiger partial charge in [0.2, 0.25) is 0 Å². The minimum Gasteiger partial charge on any atom is -0.459 e. The molecular formula is C21H33IN4O3. The number of aliphatic imine (C=N–C) groups is 1. The first-order valence-electron chi connectivity index (χ1n) is 10.00. The molecule has 1 saturated heterocycles. The van der Waals surface area contributed by atoms with Crippen molar-refractivity contribution in [3.8, 4) is 0 Å². The summed E-state index contributed by atoms with van der Waals surface area (Å²) in [5.41, 5.74) is 1.15. The Morgan fingerprint density at radius 3 is 2.66 bits per heavy atom. The van der Waals surface area contributed by atoms with E-state index in [1.54, 1.807) is 0 Å².